The molecule has 2 aromatic carbocycles. The van der Waals surface area contributed by atoms with Gasteiger partial charge in [-0.25, -0.2) is 4.98 Å². The molecule has 0 amide bonds. The third-order valence-electron chi connectivity index (χ3n) is 6.35. The number of aryl methyl sites for hydroxylation is 1. The Hall–Kier alpha value is -3.04. The number of aromatic nitrogens is 2. The van der Waals surface area contributed by atoms with Gasteiger partial charge >= 0.3 is 0 Å². The fraction of sp³-hybridized carbons (Fsp3) is 0.259. The van der Waals surface area contributed by atoms with Crippen LogP contribution < -0.4 is 5.73 Å². The molecule has 2 heterocycles. The van der Waals surface area contributed by atoms with E-state index in [0.29, 0.717) is 5.41 Å². The molecule has 3 nitrogen and oxygen atoms in total. The molecule has 2 N–H and O–H groups in total. The average Bonchev–Trinajstić information content (AvgIpc) is 2.72. The summed E-state index contributed by atoms with van der Waals surface area (Å²) >= 11 is 0. The Kier molecular flexibility index (Phi) is 4.26. The van der Waals surface area contributed by atoms with E-state index in [2.05, 4.69) is 73.4 Å². The number of pyridine rings is 2. The fourth-order valence-electron chi connectivity index (χ4n) is 5.11. The standard InChI is InChI=1S/C27H27N3/c1-18-22-15-23(19-7-5-4-6-8-19)25(30-24(22)13-14-29-18)20-9-11-21(12-10-20)27(28)16-26(2,3)17-27/h4-15H,16-17,28H2,1-3H3. The molecule has 0 spiro atoms. The van der Waals surface area contributed by atoms with Crippen LogP contribution >= 0.6 is 0 Å². The summed E-state index contributed by atoms with van der Waals surface area (Å²) in [5.74, 6) is 0. The molecule has 1 saturated carbocycles. The van der Waals surface area contributed by atoms with Gasteiger partial charge in [0, 0.05) is 33.9 Å². The molecular weight excluding hydrogens is 366 g/mol. The van der Waals surface area contributed by atoms with Gasteiger partial charge in [-0.3, -0.25) is 4.98 Å². The van der Waals surface area contributed by atoms with E-state index in [-0.39, 0.29) is 5.54 Å². The van der Waals surface area contributed by atoms with Gasteiger partial charge in [0.25, 0.3) is 0 Å². The second-order valence-corrected chi connectivity index (χ2v) is 9.46. The van der Waals surface area contributed by atoms with Crippen LogP contribution in [0.3, 0.4) is 0 Å². The zero-order valence-corrected chi connectivity index (χ0v) is 17.8. The lowest BCUT2D eigenvalue weighted by Gasteiger charge is -2.51. The molecular formula is C27H27N3. The molecule has 0 saturated heterocycles. The summed E-state index contributed by atoms with van der Waals surface area (Å²) in [7, 11) is 0. The molecule has 0 aliphatic heterocycles. The summed E-state index contributed by atoms with van der Waals surface area (Å²) < 4.78 is 0. The van der Waals surface area contributed by atoms with Gasteiger partial charge in [-0.1, -0.05) is 68.4 Å². The quantitative estimate of drug-likeness (QED) is 0.448. The third kappa shape index (κ3) is 3.20. The molecule has 2 aromatic heterocycles. The summed E-state index contributed by atoms with van der Waals surface area (Å²) in [5, 5.41) is 1.09. The molecule has 0 atom stereocenters. The van der Waals surface area contributed by atoms with Crippen molar-refractivity contribution >= 4 is 10.9 Å². The fourth-order valence-corrected chi connectivity index (χ4v) is 5.11. The van der Waals surface area contributed by atoms with Crippen LogP contribution in [0.5, 0.6) is 0 Å². The van der Waals surface area contributed by atoms with Crippen molar-refractivity contribution in [2.75, 3.05) is 0 Å². The van der Waals surface area contributed by atoms with Crippen molar-refractivity contribution in [2.45, 2.75) is 39.2 Å². The maximum Gasteiger partial charge on any atom is 0.0788 e. The second kappa shape index (κ2) is 6.75. The first-order chi connectivity index (χ1) is 14.3. The van der Waals surface area contributed by atoms with E-state index in [9.17, 15) is 0 Å². The molecule has 1 aliphatic rings. The van der Waals surface area contributed by atoms with Gasteiger partial charge in [-0.2, -0.15) is 0 Å². The largest absolute Gasteiger partial charge is 0.321 e. The lowest BCUT2D eigenvalue weighted by Crippen LogP contribution is -2.53. The minimum atomic E-state index is -0.204. The second-order valence-electron chi connectivity index (χ2n) is 9.46. The normalized spacial score (nSPS) is 16.9. The average molecular weight is 394 g/mol. The Bertz CT molecular complexity index is 1220. The van der Waals surface area contributed by atoms with Crippen LogP contribution in [0.15, 0.2) is 72.9 Å². The van der Waals surface area contributed by atoms with Gasteiger partial charge in [0.05, 0.1) is 11.2 Å². The third-order valence-corrected chi connectivity index (χ3v) is 6.35. The van der Waals surface area contributed by atoms with Gasteiger partial charge in [0.2, 0.25) is 0 Å². The summed E-state index contributed by atoms with van der Waals surface area (Å²) in [4.78, 5) is 9.52. The van der Waals surface area contributed by atoms with Crippen LogP contribution in [0.25, 0.3) is 33.3 Å². The number of rotatable bonds is 3. The van der Waals surface area contributed by atoms with Crippen LogP contribution in [0.2, 0.25) is 0 Å². The van der Waals surface area contributed by atoms with E-state index < -0.39 is 0 Å². The topological polar surface area (TPSA) is 51.8 Å². The lowest BCUT2D eigenvalue weighted by atomic mass is 9.57. The predicted octanol–water partition coefficient (Wildman–Crippen LogP) is 6.25. The van der Waals surface area contributed by atoms with E-state index in [0.717, 1.165) is 51.8 Å². The van der Waals surface area contributed by atoms with Gasteiger partial charge in [0.1, 0.15) is 0 Å². The Morgan fingerprint density at radius 2 is 1.57 bits per heavy atom. The highest BCUT2D eigenvalue weighted by Gasteiger charge is 2.47. The highest BCUT2D eigenvalue weighted by Crippen LogP contribution is 2.52. The number of hydrogen-bond donors (Lipinski definition) is 1. The van der Waals surface area contributed by atoms with Crippen LogP contribution in [0.4, 0.5) is 0 Å². The summed E-state index contributed by atoms with van der Waals surface area (Å²) in [6.07, 6.45) is 3.88. The molecule has 1 fully saturated rings. The molecule has 0 bridgehead atoms. The minimum Gasteiger partial charge on any atom is -0.321 e. The Morgan fingerprint density at radius 3 is 2.23 bits per heavy atom. The molecule has 1 aliphatic carbocycles. The van der Waals surface area contributed by atoms with Crippen LogP contribution in [-0.4, -0.2) is 9.97 Å². The van der Waals surface area contributed by atoms with Crippen molar-refractivity contribution in [3.8, 4) is 22.4 Å². The summed E-state index contributed by atoms with van der Waals surface area (Å²) in [5.41, 5.74) is 14.4. The van der Waals surface area contributed by atoms with E-state index in [1.807, 2.05) is 25.3 Å². The van der Waals surface area contributed by atoms with E-state index in [1.165, 1.54) is 5.56 Å². The van der Waals surface area contributed by atoms with Crippen molar-refractivity contribution in [1.82, 2.24) is 9.97 Å². The number of nitrogens with two attached hydrogens (primary N) is 1. The van der Waals surface area contributed by atoms with Crippen molar-refractivity contribution < 1.29 is 0 Å². The Balaban J connectivity index is 1.63. The van der Waals surface area contributed by atoms with Crippen LogP contribution in [0, 0.1) is 12.3 Å². The summed E-state index contributed by atoms with van der Waals surface area (Å²) in [6, 6.07) is 23.4. The SMILES string of the molecule is Cc1nccc2nc(-c3ccc(C4(N)CC(C)(C)C4)cc3)c(-c3ccccc3)cc12. The minimum absolute atomic E-state index is 0.204. The molecule has 150 valence electrons. The summed E-state index contributed by atoms with van der Waals surface area (Å²) in [6.45, 7) is 6.61. The predicted molar refractivity (Wildman–Crippen MR) is 124 cm³/mol. The highest BCUT2D eigenvalue weighted by atomic mass is 14.8. The maximum atomic E-state index is 6.68. The molecule has 3 heteroatoms. The van der Waals surface area contributed by atoms with Crippen LogP contribution in [-0.2, 0) is 5.54 Å². The van der Waals surface area contributed by atoms with Crippen molar-refractivity contribution in [1.29, 1.82) is 0 Å². The number of nitrogens with zero attached hydrogens (tertiary/aromatic N) is 2. The van der Waals surface area contributed by atoms with E-state index in [1.54, 1.807) is 0 Å². The van der Waals surface area contributed by atoms with E-state index in [4.69, 9.17) is 10.7 Å². The molecule has 30 heavy (non-hydrogen) atoms. The smallest absolute Gasteiger partial charge is 0.0788 e. The van der Waals surface area contributed by atoms with E-state index >= 15 is 0 Å². The van der Waals surface area contributed by atoms with Gasteiger partial charge in [0.15, 0.2) is 0 Å². The highest BCUT2D eigenvalue weighted by molar-refractivity contribution is 5.92. The number of hydrogen-bond acceptors (Lipinski definition) is 3. The van der Waals surface area contributed by atoms with Crippen molar-refractivity contribution in [3.05, 3.63) is 84.2 Å². The van der Waals surface area contributed by atoms with Crippen molar-refractivity contribution in [2.24, 2.45) is 11.1 Å². The molecule has 4 aromatic rings. The first-order valence-electron chi connectivity index (χ1n) is 10.6. The first kappa shape index (κ1) is 19.0. The first-order valence-corrected chi connectivity index (χ1v) is 10.6. The number of benzene rings is 2. The molecule has 0 unspecified atom stereocenters. The monoisotopic (exact) mass is 393 g/mol. The van der Waals surface area contributed by atoms with Gasteiger partial charge in [-0.05, 0) is 48.4 Å². The van der Waals surface area contributed by atoms with Gasteiger partial charge in [-0.15, -0.1) is 0 Å². The van der Waals surface area contributed by atoms with Crippen LogP contribution in [0.1, 0.15) is 37.9 Å². The Labute approximate surface area is 178 Å². The van der Waals surface area contributed by atoms with Gasteiger partial charge < -0.3 is 5.73 Å². The molecule has 0 radical (unpaired) electrons. The van der Waals surface area contributed by atoms with Crippen molar-refractivity contribution in [3.63, 3.8) is 0 Å². The number of fused-ring (bicyclic) bond motifs is 1. The zero-order chi connectivity index (χ0) is 20.9. The molecule has 5 rings (SSSR count). The zero-order valence-electron chi connectivity index (χ0n) is 17.8. The maximum absolute atomic E-state index is 6.68. The Morgan fingerprint density at radius 1 is 0.867 bits per heavy atom. The lowest BCUT2D eigenvalue weighted by molar-refractivity contribution is 0.0618.